The highest BCUT2D eigenvalue weighted by molar-refractivity contribution is 9.10. The van der Waals surface area contributed by atoms with Gasteiger partial charge in [-0.1, -0.05) is 0 Å². The standard InChI is InChI=1S/C12H13BrN4O2S/c1-8-9(13)3-4-12(16-8)17-20(18,19)11-7-15-6-5-10(11)14-2/h3-7H,1-2H3,(H,14,15)(H,16,17). The van der Waals surface area contributed by atoms with Crippen LogP contribution in [-0.4, -0.2) is 25.4 Å². The van der Waals surface area contributed by atoms with Crippen molar-refractivity contribution in [1.29, 1.82) is 0 Å². The van der Waals surface area contributed by atoms with E-state index in [1.807, 2.05) is 0 Å². The molecule has 0 aromatic carbocycles. The van der Waals surface area contributed by atoms with Crippen LogP contribution in [0.15, 0.2) is 40.0 Å². The van der Waals surface area contributed by atoms with Crippen molar-refractivity contribution in [3.63, 3.8) is 0 Å². The number of pyridine rings is 2. The van der Waals surface area contributed by atoms with Crippen LogP contribution >= 0.6 is 15.9 Å². The van der Waals surface area contributed by atoms with Gasteiger partial charge < -0.3 is 5.32 Å². The highest BCUT2D eigenvalue weighted by atomic mass is 79.9. The van der Waals surface area contributed by atoms with E-state index >= 15 is 0 Å². The van der Waals surface area contributed by atoms with E-state index in [0.717, 1.165) is 4.47 Å². The highest BCUT2D eigenvalue weighted by Gasteiger charge is 2.19. The number of anilines is 2. The summed E-state index contributed by atoms with van der Waals surface area (Å²) in [4.78, 5) is 8.08. The molecule has 0 fully saturated rings. The van der Waals surface area contributed by atoms with Crippen LogP contribution in [0.5, 0.6) is 0 Å². The van der Waals surface area contributed by atoms with Gasteiger partial charge >= 0.3 is 0 Å². The third-order valence-corrected chi connectivity index (χ3v) is 4.82. The molecular formula is C12H13BrN4O2S. The second kappa shape index (κ2) is 5.76. The molecule has 0 aliphatic carbocycles. The van der Waals surface area contributed by atoms with E-state index < -0.39 is 10.0 Å². The molecule has 2 heterocycles. The zero-order valence-electron chi connectivity index (χ0n) is 10.9. The molecule has 6 nitrogen and oxygen atoms in total. The number of nitrogens with zero attached hydrogens (tertiary/aromatic N) is 2. The minimum absolute atomic E-state index is 0.0740. The average molecular weight is 357 g/mol. The maximum Gasteiger partial charge on any atom is 0.266 e. The smallest absolute Gasteiger partial charge is 0.266 e. The summed E-state index contributed by atoms with van der Waals surface area (Å²) in [5.41, 5.74) is 1.17. The van der Waals surface area contributed by atoms with E-state index in [0.29, 0.717) is 11.4 Å². The third-order valence-electron chi connectivity index (χ3n) is 2.60. The molecular weight excluding hydrogens is 344 g/mol. The first kappa shape index (κ1) is 14.7. The molecule has 0 amide bonds. The maximum atomic E-state index is 12.3. The molecule has 0 saturated heterocycles. The Bertz CT molecular complexity index is 734. The molecule has 0 spiro atoms. The Morgan fingerprint density at radius 1 is 1.25 bits per heavy atom. The lowest BCUT2D eigenvalue weighted by molar-refractivity contribution is 0.601. The molecule has 2 N–H and O–H groups in total. The number of hydrogen-bond donors (Lipinski definition) is 2. The molecule has 0 aliphatic heterocycles. The van der Waals surface area contributed by atoms with Crippen molar-refractivity contribution in [2.75, 3.05) is 17.1 Å². The number of halogens is 1. The van der Waals surface area contributed by atoms with Crippen molar-refractivity contribution in [3.8, 4) is 0 Å². The zero-order chi connectivity index (χ0) is 14.8. The SMILES string of the molecule is CNc1ccncc1S(=O)(=O)Nc1ccc(Br)c(C)n1. The third kappa shape index (κ3) is 3.07. The second-order valence-electron chi connectivity index (χ2n) is 3.99. The van der Waals surface area contributed by atoms with Crippen LogP contribution in [-0.2, 0) is 10.0 Å². The first-order chi connectivity index (χ1) is 9.44. The van der Waals surface area contributed by atoms with Crippen LogP contribution in [0.3, 0.4) is 0 Å². The Balaban J connectivity index is 2.38. The molecule has 0 unspecified atom stereocenters. The second-order valence-corrected chi connectivity index (χ2v) is 6.50. The van der Waals surface area contributed by atoms with Crippen LogP contribution < -0.4 is 10.0 Å². The molecule has 106 valence electrons. The summed E-state index contributed by atoms with van der Waals surface area (Å²) in [5.74, 6) is 0.261. The summed E-state index contributed by atoms with van der Waals surface area (Å²) in [5, 5.41) is 2.82. The summed E-state index contributed by atoms with van der Waals surface area (Å²) >= 11 is 3.32. The molecule has 0 atom stereocenters. The molecule has 0 aliphatic rings. The molecule has 20 heavy (non-hydrogen) atoms. The van der Waals surface area contributed by atoms with Crippen molar-refractivity contribution >= 4 is 37.5 Å². The lowest BCUT2D eigenvalue weighted by Crippen LogP contribution is -2.16. The Hall–Kier alpha value is -1.67. The summed E-state index contributed by atoms with van der Waals surface area (Å²) < 4.78 is 27.9. The highest BCUT2D eigenvalue weighted by Crippen LogP contribution is 2.23. The van der Waals surface area contributed by atoms with Gasteiger partial charge in [0.2, 0.25) is 0 Å². The fourth-order valence-corrected chi connectivity index (χ4v) is 2.97. The number of nitrogens with one attached hydrogen (secondary N) is 2. The van der Waals surface area contributed by atoms with E-state index in [1.54, 1.807) is 32.2 Å². The fourth-order valence-electron chi connectivity index (χ4n) is 1.59. The van der Waals surface area contributed by atoms with Crippen molar-refractivity contribution in [2.45, 2.75) is 11.8 Å². The topological polar surface area (TPSA) is 84.0 Å². The summed E-state index contributed by atoms with van der Waals surface area (Å²) in [6.07, 6.45) is 2.81. The van der Waals surface area contributed by atoms with Crippen LogP contribution in [0.25, 0.3) is 0 Å². The van der Waals surface area contributed by atoms with Crippen LogP contribution in [0.1, 0.15) is 5.69 Å². The van der Waals surface area contributed by atoms with E-state index in [9.17, 15) is 8.42 Å². The number of sulfonamides is 1. The van der Waals surface area contributed by atoms with Crippen LogP contribution in [0.2, 0.25) is 0 Å². The van der Waals surface area contributed by atoms with Gasteiger partial charge in [-0.05, 0) is 41.1 Å². The van der Waals surface area contributed by atoms with Gasteiger partial charge in [-0.25, -0.2) is 13.4 Å². The quantitative estimate of drug-likeness (QED) is 0.878. The van der Waals surface area contributed by atoms with Gasteiger partial charge in [0.1, 0.15) is 10.7 Å². The minimum atomic E-state index is -3.74. The largest absolute Gasteiger partial charge is 0.387 e. The molecule has 0 radical (unpaired) electrons. The average Bonchev–Trinajstić information content (AvgIpc) is 2.42. The van der Waals surface area contributed by atoms with E-state index in [1.165, 1.54) is 12.4 Å². The van der Waals surface area contributed by atoms with Gasteiger partial charge in [0.15, 0.2) is 0 Å². The van der Waals surface area contributed by atoms with Gasteiger partial charge in [0.05, 0.1) is 11.4 Å². The number of hydrogen-bond acceptors (Lipinski definition) is 5. The fraction of sp³-hybridized carbons (Fsp3) is 0.167. The van der Waals surface area contributed by atoms with Gasteiger partial charge in [0.25, 0.3) is 10.0 Å². The van der Waals surface area contributed by atoms with Crippen molar-refractivity contribution in [1.82, 2.24) is 9.97 Å². The van der Waals surface area contributed by atoms with E-state index in [4.69, 9.17) is 0 Å². The van der Waals surface area contributed by atoms with Gasteiger partial charge in [-0.2, -0.15) is 0 Å². The lowest BCUT2D eigenvalue weighted by atomic mass is 10.4. The number of aryl methyl sites for hydroxylation is 1. The molecule has 0 bridgehead atoms. The van der Waals surface area contributed by atoms with Gasteiger partial charge in [-0.15, -0.1) is 0 Å². The molecule has 2 aromatic rings. The number of aromatic nitrogens is 2. The minimum Gasteiger partial charge on any atom is -0.387 e. The maximum absolute atomic E-state index is 12.3. The van der Waals surface area contributed by atoms with E-state index in [-0.39, 0.29) is 10.7 Å². The first-order valence-electron chi connectivity index (χ1n) is 5.72. The Kier molecular flexibility index (Phi) is 4.24. The summed E-state index contributed by atoms with van der Waals surface area (Å²) in [6, 6.07) is 4.92. The Morgan fingerprint density at radius 2 is 2.00 bits per heavy atom. The van der Waals surface area contributed by atoms with Crippen molar-refractivity contribution in [2.24, 2.45) is 0 Å². The molecule has 8 heteroatoms. The summed E-state index contributed by atoms with van der Waals surface area (Å²) in [7, 11) is -2.09. The van der Waals surface area contributed by atoms with Gasteiger partial charge in [-0.3, -0.25) is 9.71 Å². The molecule has 2 rings (SSSR count). The van der Waals surface area contributed by atoms with Crippen molar-refractivity contribution in [3.05, 3.63) is 40.8 Å². The predicted octanol–water partition coefficient (Wildman–Crippen LogP) is 2.39. The Labute approximate surface area is 125 Å². The predicted molar refractivity (Wildman–Crippen MR) is 81.3 cm³/mol. The summed E-state index contributed by atoms with van der Waals surface area (Å²) in [6.45, 7) is 1.78. The van der Waals surface area contributed by atoms with Crippen molar-refractivity contribution < 1.29 is 8.42 Å². The first-order valence-corrected chi connectivity index (χ1v) is 7.99. The van der Waals surface area contributed by atoms with Crippen LogP contribution in [0.4, 0.5) is 11.5 Å². The Morgan fingerprint density at radius 3 is 2.65 bits per heavy atom. The van der Waals surface area contributed by atoms with Gasteiger partial charge in [0, 0.05) is 23.9 Å². The van der Waals surface area contributed by atoms with Crippen LogP contribution in [0, 0.1) is 6.92 Å². The normalized spacial score (nSPS) is 11.2. The molecule has 2 aromatic heterocycles. The molecule has 0 saturated carbocycles. The zero-order valence-corrected chi connectivity index (χ0v) is 13.3. The van der Waals surface area contributed by atoms with E-state index in [2.05, 4.69) is 35.9 Å². The monoisotopic (exact) mass is 356 g/mol. The lowest BCUT2D eigenvalue weighted by Gasteiger charge is -2.11. The number of rotatable bonds is 4.